The van der Waals surface area contributed by atoms with Crippen LogP contribution in [0.2, 0.25) is 5.02 Å². The fraction of sp³-hybridized carbons (Fsp3) is 0.208. The molecule has 1 heterocycles. The van der Waals surface area contributed by atoms with Gasteiger partial charge in [-0.3, -0.25) is 4.79 Å². The average Bonchev–Trinajstić information content (AvgIpc) is 2.88. The molecule has 1 aliphatic rings. The number of carbonyl (C=O) groups excluding carboxylic acids is 1. The van der Waals surface area contributed by atoms with E-state index in [4.69, 9.17) is 16.3 Å². The summed E-state index contributed by atoms with van der Waals surface area (Å²) >= 11 is 6.15. The van der Waals surface area contributed by atoms with Gasteiger partial charge in [-0.2, -0.15) is 0 Å². The van der Waals surface area contributed by atoms with Crippen LogP contribution < -0.4 is 15.4 Å². The summed E-state index contributed by atoms with van der Waals surface area (Å²) in [6.07, 6.45) is 0. The Bertz CT molecular complexity index is 1140. The Morgan fingerprint density at radius 2 is 1.67 bits per heavy atom. The van der Waals surface area contributed by atoms with E-state index in [1.165, 1.54) is 0 Å². The predicted octanol–water partition coefficient (Wildman–Crippen LogP) is 5.59. The standard InChI is InChI=1S/C24H23ClN2O3/c1-24(2,13-28)16-6-9-19-21(12-16)27-23(29)17-7-4-14(10-20(17)26-19)15-5-8-18(25)22(11-15)30-3/h4-12,26,28H,13H2,1-3H3,(H,27,29). The highest BCUT2D eigenvalue weighted by molar-refractivity contribution is 6.32. The van der Waals surface area contributed by atoms with E-state index in [0.29, 0.717) is 27.7 Å². The lowest BCUT2D eigenvalue weighted by Crippen LogP contribution is -2.22. The minimum Gasteiger partial charge on any atom is -0.495 e. The molecular formula is C24H23ClN2O3. The molecule has 0 saturated heterocycles. The maximum absolute atomic E-state index is 12.9. The summed E-state index contributed by atoms with van der Waals surface area (Å²) in [6.45, 7) is 3.94. The van der Waals surface area contributed by atoms with Gasteiger partial charge in [0.05, 0.1) is 41.4 Å². The van der Waals surface area contributed by atoms with Gasteiger partial charge < -0.3 is 20.5 Å². The SMILES string of the molecule is COc1cc(-c2ccc3c(c2)Nc2ccc(C(C)(C)CO)cc2NC3=O)ccc1Cl. The largest absolute Gasteiger partial charge is 0.495 e. The summed E-state index contributed by atoms with van der Waals surface area (Å²) in [6, 6.07) is 17.0. The van der Waals surface area contributed by atoms with Crippen LogP contribution in [0.3, 0.4) is 0 Å². The van der Waals surface area contributed by atoms with Gasteiger partial charge in [-0.15, -0.1) is 0 Å². The van der Waals surface area contributed by atoms with Gasteiger partial charge in [-0.25, -0.2) is 0 Å². The van der Waals surface area contributed by atoms with Gasteiger partial charge in [0.25, 0.3) is 5.91 Å². The van der Waals surface area contributed by atoms with Crippen molar-refractivity contribution in [1.29, 1.82) is 0 Å². The second-order valence-corrected chi connectivity index (χ2v) is 8.40. The zero-order valence-corrected chi connectivity index (χ0v) is 17.8. The van der Waals surface area contributed by atoms with Crippen molar-refractivity contribution < 1.29 is 14.6 Å². The van der Waals surface area contributed by atoms with Crippen molar-refractivity contribution in [2.24, 2.45) is 0 Å². The summed E-state index contributed by atoms with van der Waals surface area (Å²) in [7, 11) is 1.58. The van der Waals surface area contributed by atoms with E-state index in [9.17, 15) is 9.90 Å². The van der Waals surface area contributed by atoms with E-state index in [1.54, 1.807) is 19.2 Å². The first-order chi connectivity index (χ1) is 14.3. The third-order valence-electron chi connectivity index (χ3n) is 5.46. The number of fused-ring (bicyclic) bond motifs is 2. The van der Waals surface area contributed by atoms with Crippen molar-refractivity contribution in [1.82, 2.24) is 0 Å². The van der Waals surface area contributed by atoms with Gasteiger partial charge in [0.1, 0.15) is 5.75 Å². The highest BCUT2D eigenvalue weighted by Crippen LogP contribution is 2.38. The van der Waals surface area contributed by atoms with Gasteiger partial charge in [0.2, 0.25) is 0 Å². The molecule has 3 aromatic rings. The van der Waals surface area contributed by atoms with E-state index in [1.807, 2.05) is 56.3 Å². The minimum atomic E-state index is -0.403. The fourth-order valence-electron chi connectivity index (χ4n) is 3.47. The molecule has 1 aliphatic heterocycles. The lowest BCUT2D eigenvalue weighted by Gasteiger charge is -2.23. The molecule has 0 atom stereocenters. The summed E-state index contributed by atoms with van der Waals surface area (Å²) in [4.78, 5) is 12.9. The summed E-state index contributed by atoms with van der Waals surface area (Å²) in [5.41, 5.74) is 5.17. The highest BCUT2D eigenvalue weighted by Gasteiger charge is 2.24. The minimum absolute atomic E-state index is 0.0152. The molecule has 30 heavy (non-hydrogen) atoms. The van der Waals surface area contributed by atoms with Gasteiger partial charge in [-0.1, -0.05) is 43.6 Å². The molecule has 3 N–H and O–H groups in total. The Hall–Kier alpha value is -3.02. The van der Waals surface area contributed by atoms with Crippen molar-refractivity contribution in [3.8, 4) is 16.9 Å². The van der Waals surface area contributed by atoms with Crippen LogP contribution in [0.25, 0.3) is 11.1 Å². The van der Waals surface area contributed by atoms with E-state index < -0.39 is 5.41 Å². The lowest BCUT2D eigenvalue weighted by atomic mass is 9.85. The third kappa shape index (κ3) is 3.62. The molecule has 0 aliphatic carbocycles. The Morgan fingerprint density at radius 3 is 2.40 bits per heavy atom. The number of aliphatic hydroxyl groups is 1. The normalized spacial score (nSPS) is 12.9. The van der Waals surface area contributed by atoms with Crippen LogP contribution in [-0.2, 0) is 5.41 Å². The van der Waals surface area contributed by atoms with Gasteiger partial charge in [0, 0.05) is 5.41 Å². The van der Waals surface area contributed by atoms with Crippen molar-refractivity contribution in [2.75, 3.05) is 24.4 Å². The Morgan fingerprint density at radius 1 is 0.933 bits per heavy atom. The number of rotatable bonds is 4. The summed E-state index contributed by atoms with van der Waals surface area (Å²) < 4.78 is 5.32. The second-order valence-electron chi connectivity index (χ2n) is 7.99. The number of aliphatic hydroxyl groups excluding tert-OH is 1. The van der Waals surface area contributed by atoms with E-state index in [0.717, 1.165) is 22.4 Å². The predicted molar refractivity (Wildman–Crippen MR) is 121 cm³/mol. The zero-order valence-electron chi connectivity index (χ0n) is 17.0. The van der Waals surface area contributed by atoms with Crippen LogP contribution in [0, 0.1) is 0 Å². The number of carbonyl (C=O) groups is 1. The van der Waals surface area contributed by atoms with Crippen LogP contribution in [-0.4, -0.2) is 24.7 Å². The monoisotopic (exact) mass is 422 g/mol. The van der Waals surface area contributed by atoms with Crippen molar-refractivity contribution >= 4 is 34.6 Å². The Kier molecular flexibility index (Phi) is 5.18. The van der Waals surface area contributed by atoms with Crippen LogP contribution >= 0.6 is 11.6 Å². The molecule has 0 spiro atoms. The number of methoxy groups -OCH3 is 1. The highest BCUT2D eigenvalue weighted by atomic mass is 35.5. The molecule has 5 nitrogen and oxygen atoms in total. The van der Waals surface area contributed by atoms with Gasteiger partial charge in [0.15, 0.2) is 0 Å². The molecule has 0 unspecified atom stereocenters. The van der Waals surface area contributed by atoms with Crippen molar-refractivity contribution in [2.45, 2.75) is 19.3 Å². The number of hydrogen-bond donors (Lipinski definition) is 3. The third-order valence-corrected chi connectivity index (χ3v) is 5.77. The molecule has 1 amide bonds. The van der Waals surface area contributed by atoms with Crippen molar-refractivity contribution in [3.63, 3.8) is 0 Å². The fourth-order valence-corrected chi connectivity index (χ4v) is 3.66. The number of nitrogens with one attached hydrogen (secondary N) is 2. The quantitative estimate of drug-likeness (QED) is 0.512. The van der Waals surface area contributed by atoms with Crippen LogP contribution in [0.5, 0.6) is 5.75 Å². The van der Waals surface area contributed by atoms with Crippen molar-refractivity contribution in [3.05, 3.63) is 70.7 Å². The van der Waals surface area contributed by atoms with Crippen LogP contribution in [0.1, 0.15) is 29.8 Å². The summed E-state index contributed by atoms with van der Waals surface area (Å²) in [5.74, 6) is 0.412. The number of ether oxygens (including phenoxy) is 1. The Balaban J connectivity index is 1.75. The molecule has 0 saturated carbocycles. The number of amides is 1. The number of anilines is 3. The molecule has 0 fully saturated rings. The molecule has 4 rings (SSSR count). The molecule has 3 aromatic carbocycles. The maximum atomic E-state index is 12.9. The topological polar surface area (TPSA) is 70.6 Å². The number of hydrogen-bond acceptors (Lipinski definition) is 4. The van der Waals surface area contributed by atoms with Crippen LogP contribution in [0.15, 0.2) is 54.6 Å². The van der Waals surface area contributed by atoms with E-state index in [-0.39, 0.29) is 12.5 Å². The molecule has 0 aromatic heterocycles. The second kappa shape index (κ2) is 7.67. The maximum Gasteiger partial charge on any atom is 0.257 e. The first-order valence-corrected chi connectivity index (χ1v) is 10.0. The van der Waals surface area contributed by atoms with E-state index in [2.05, 4.69) is 10.6 Å². The number of benzene rings is 3. The first kappa shape index (κ1) is 20.3. The molecule has 0 bridgehead atoms. The molecule has 0 radical (unpaired) electrons. The van der Waals surface area contributed by atoms with Gasteiger partial charge in [-0.05, 0) is 53.1 Å². The van der Waals surface area contributed by atoms with E-state index >= 15 is 0 Å². The number of halogens is 1. The smallest absolute Gasteiger partial charge is 0.257 e. The zero-order chi connectivity index (χ0) is 21.5. The Labute approximate surface area is 180 Å². The molecule has 6 heteroatoms. The average molecular weight is 423 g/mol. The first-order valence-electron chi connectivity index (χ1n) is 9.64. The van der Waals surface area contributed by atoms with Gasteiger partial charge >= 0.3 is 0 Å². The molecular weight excluding hydrogens is 400 g/mol. The lowest BCUT2D eigenvalue weighted by molar-refractivity contribution is 0.102. The van der Waals surface area contributed by atoms with Crippen LogP contribution in [0.4, 0.5) is 17.1 Å². The summed E-state index contributed by atoms with van der Waals surface area (Å²) in [5, 5.41) is 16.6. The molecule has 154 valence electrons.